The SMILES string of the molecule is CCOc1nc(NC(CC)CC2CC2)ccc1N. The number of anilines is 2. The van der Waals surface area contributed by atoms with Gasteiger partial charge in [-0.2, -0.15) is 4.98 Å². The molecule has 0 aromatic carbocycles. The summed E-state index contributed by atoms with van der Waals surface area (Å²) in [4.78, 5) is 4.42. The monoisotopic (exact) mass is 249 g/mol. The summed E-state index contributed by atoms with van der Waals surface area (Å²) in [6.45, 7) is 4.73. The lowest BCUT2D eigenvalue weighted by Crippen LogP contribution is -2.20. The highest BCUT2D eigenvalue weighted by Crippen LogP contribution is 2.34. The zero-order valence-corrected chi connectivity index (χ0v) is 11.3. The first-order valence-electron chi connectivity index (χ1n) is 6.88. The molecule has 0 saturated heterocycles. The van der Waals surface area contributed by atoms with Crippen molar-refractivity contribution in [3.8, 4) is 5.88 Å². The van der Waals surface area contributed by atoms with Crippen LogP contribution in [0.1, 0.15) is 39.5 Å². The maximum atomic E-state index is 5.81. The van der Waals surface area contributed by atoms with Crippen LogP contribution in [-0.2, 0) is 0 Å². The molecule has 0 amide bonds. The lowest BCUT2D eigenvalue weighted by Gasteiger charge is -2.18. The number of nitrogens with zero attached hydrogens (tertiary/aromatic N) is 1. The Morgan fingerprint density at radius 1 is 1.44 bits per heavy atom. The van der Waals surface area contributed by atoms with Crippen molar-refractivity contribution in [1.29, 1.82) is 0 Å². The van der Waals surface area contributed by atoms with Gasteiger partial charge >= 0.3 is 0 Å². The van der Waals surface area contributed by atoms with Crippen LogP contribution in [0.2, 0.25) is 0 Å². The van der Waals surface area contributed by atoms with Crippen LogP contribution in [0.15, 0.2) is 12.1 Å². The van der Waals surface area contributed by atoms with Gasteiger partial charge in [0, 0.05) is 6.04 Å². The first-order chi connectivity index (χ1) is 8.72. The van der Waals surface area contributed by atoms with Crippen molar-refractivity contribution in [3.63, 3.8) is 0 Å². The van der Waals surface area contributed by atoms with Crippen molar-refractivity contribution < 1.29 is 4.74 Å². The van der Waals surface area contributed by atoms with Crippen molar-refractivity contribution in [2.75, 3.05) is 17.7 Å². The fourth-order valence-corrected chi connectivity index (χ4v) is 2.08. The number of rotatable bonds is 7. The normalized spacial score (nSPS) is 16.3. The molecular formula is C14H23N3O. The highest BCUT2D eigenvalue weighted by Gasteiger charge is 2.24. The minimum atomic E-state index is 0.503. The van der Waals surface area contributed by atoms with Crippen molar-refractivity contribution >= 4 is 11.5 Å². The molecule has 4 heteroatoms. The molecule has 3 N–H and O–H groups in total. The van der Waals surface area contributed by atoms with Gasteiger partial charge in [0.25, 0.3) is 0 Å². The number of nitrogen functional groups attached to an aromatic ring is 1. The Morgan fingerprint density at radius 2 is 2.22 bits per heavy atom. The first-order valence-corrected chi connectivity index (χ1v) is 6.88. The van der Waals surface area contributed by atoms with Gasteiger partial charge in [-0.05, 0) is 37.8 Å². The van der Waals surface area contributed by atoms with Crippen molar-refractivity contribution in [2.45, 2.75) is 45.6 Å². The van der Waals surface area contributed by atoms with E-state index in [0.29, 0.717) is 24.2 Å². The third-order valence-corrected chi connectivity index (χ3v) is 3.33. The first kappa shape index (κ1) is 13.0. The summed E-state index contributed by atoms with van der Waals surface area (Å²) in [5.41, 5.74) is 6.41. The molecule has 1 aliphatic rings. The maximum Gasteiger partial charge on any atom is 0.239 e. The summed E-state index contributed by atoms with van der Waals surface area (Å²) in [5, 5.41) is 3.48. The fourth-order valence-electron chi connectivity index (χ4n) is 2.08. The van der Waals surface area contributed by atoms with Crippen LogP contribution < -0.4 is 15.8 Å². The molecule has 1 unspecified atom stereocenters. The van der Waals surface area contributed by atoms with E-state index in [2.05, 4.69) is 17.2 Å². The van der Waals surface area contributed by atoms with Crippen LogP contribution in [-0.4, -0.2) is 17.6 Å². The Bertz CT molecular complexity index is 391. The van der Waals surface area contributed by atoms with Gasteiger partial charge < -0.3 is 15.8 Å². The second-order valence-electron chi connectivity index (χ2n) is 4.95. The van der Waals surface area contributed by atoms with Crippen molar-refractivity contribution in [1.82, 2.24) is 4.98 Å². The van der Waals surface area contributed by atoms with E-state index in [4.69, 9.17) is 10.5 Å². The molecule has 1 heterocycles. The number of pyridine rings is 1. The highest BCUT2D eigenvalue weighted by molar-refractivity contribution is 5.53. The van der Waals surface area contributed by atoms with E-state index in [1.54, 1.807) is 0 Å². The zero-order valence-electron chi connectivity index (χ0n) is 11.3. The maximum absolute atomic E-state index is 5.81. The van der Waals surface area contributed by atoms with Gasteiger partial charge in [-0.3, -0.25) is 0 Å². The van der Waals surface area contributed by atoms with E-state index >= 15 is 0 Å². The van der Waals surface area contributed by atoms with Crippen LogP contribution in [0.5, 0.6) is 5.88 Å². The van der Waals surface area contributed by atoms with E-state index in [9.17, 15) is 0 Å². The van der Waals surface area contributed by atoms with E-state index in [0.717, 1.165) is 18.2 Å². The van der Waals surface area contributed by atoms with Gasteiger partial charge in [0.05, 0.1) is 12.3 Å². The van der Waals surface area contributed by atoms with E-state index in [1.807, 2.05) is 19.1 Å². The minimum absolute atomic E-state index is 0.503. The molecule has 0 bridgehead atoms. The molecule has 0 aliphatic heterocycles. The third-order valence-electron chi connectivity index (χ3n) is 3.33. The number of aromatic nitrogens is 1. The zero-order chi connectivity index (χ0) is 13.0. The Morgan fingerprint density at radius 3 is 2.83 bits per heavy atom. The Kier molecular flexibility index (Phi) is 4.28. The topological polar surface area (TPSA) is 60.2 Å². The average Bonchev–Trinajstić information content (AvgIpc) is 3.17. The molecule has 0 spiro atoms. The molecule has 1 aromatic rings. The summed E-state index contributed by atoms with van der Waals surface area (Å²) >= 11 is 0. The van der Waals surface area contributed by atoms with Crippen LogP contribution in [0.25, 0.3) is 0 Å². The summed E-state index contributed by atoms with van der Waals surface area (Å²) in [6.07, 6.45) is 5.13. The molecule has 100 valence electrons. The van der Waals surface area contributed by atoms with Crippen LogP contribution in [0.3, 0.4) is 0 Å². The van der Waals surface area contributed by atoms with Gasteiger partial charge in [0.15, 0.2) is 0 Å². The molecule has 1 fully saturated rings. The number of hydrogen-bond acceptors (Lipinski definition) is 4. The summed E-state index contributed by atoms with van der Waals surface area (Å²) in [6, 6.07) is 4.28. The quantitative estimate of drug-likeness (QED) is 0.779. The molecule has 0 radical (unpaired) electrons. The van der Waals surface area contributed by atoms with Gasteiger partial charge in [0.1, 0.15) is 5.82 Å². The second kappa shape index (κ2) is 5.94. The number of nitrogens with two attached hydrogens (primary N) is 1. The molecular weight excluding hydrogens is 226 g/mol. The fraction of sp³-hybridized carbons (Fsp3) is 0.643. The van der Waals surface area contributed by atoms with E-state index in [1.165, 1.54) is 19.3 Å². The van der Waals surface area contributed by atoms with Gasteiger partial charge in [0.2, 0.25) is 5.88 Å². The minimum Gasteiger partial charge on any atom is -0.476 e. The molecule has 18 heavy (non-hydrogen) atoms. The summed E-state index contributed by atoms with van der Waals surface area (Å²) in [5.74, 6) is 2.31. The van der Waals surface area contributed by atoms with Crippen molar-refractivity contribution in [2.24, 2.45) is 5.92 Å². The highest BCUT2D eigenvalue weighted by atomic mass is 16.5. The summed E-state index contributed by atoms with van der Waals surface area (Å²) < 4.78 is 5.41. The molecule has 2 rings (SSSR count). The lowest BCUT2D eigenvalue weighted by molar-refractivity contribution is 0.329. The largest absolute Gasteiger partial charge is 0.476 e. The predicted octanol–water partition coefficient (Wildman–Crippen LogP) is 3.05. The number of ether oxygens (including phenoxy) is 1. The Hall–Kier alpha value is -1.45. The standard InChI is InChI=1S/C14H23N3O/c1-3-11(9-10-5-6-10)16-13-8-7-12(15)14(17-13)18-4-2/h7-8,10-11H,3-6,9,15H2,1-2H3,(H,16,17). The van der Waals surface area contributed by atoms with E-state index in [-0.39, 0.29) is 0 Å². The number of nitrogens with one attached hydrogen (secondary N) is 1. The molecule has 4 nitrogen and oxygen atoms in total. The smallest absolute Gasteiger partial charge is 0.239 e. The Labute approximate surface area is 109 Å². The molecule has 1 aromatic heterocycles. The Balaban J connectivity index is 2.00. The van der Waals surface area contributed by atoms with Crippen LogP contribution >= 0.6 is 0 Å². The number of hydrogen-bond donors (Lipinski definition) is 2. The molecule has 1 saturated carbocycles. The van der Waals surface area contributed by atoms with Crippen LogP contribution in [0.4, 0.5) is 11.5 Å². The third kappa shape index (κ3) is 3.52. The molecule has 1 aliphatic carbocycles. The van der Waals surface area contributed by atoms with Gasteiger partial charge in [-0.1, -0.05) is 19.8 Å². The average molecular weight is 249 g/mol. The van der Waals surface area contributed by atoms with E-state index < -0.39 is 0 Å². The molecule has 1 atom stereocenters. The predicted molar refractivity (Wildman–Crippen MR) is 74.9 cm³/mol. The van der Waals surface area contributed by atoms with Crippen molar-refractivity contribution in [3.05, 3.63) is 12.1 Å². The van der Waals surface area contributed by atoms with Crippen LogP contribution in [0, 0.1) is 5.92 Å². The van der Waals surface area contributed by atoms with Gasteiger partial charge in [-0.25, -0.2) is 0 Å². The second-order valence-corrected chi connectivity index (χ2v) is 4.95. The lowest BCUT2D eigenvalue weighted by atomic mass is 10.1. The van der Waals surface area contributed by atoms with Gasteiger partial charge in [-0.15, -0.1) is 0 Å². The summed E-state index contributed by atoms with van der Waals surface area (Å²) in [7, 11) is 0.